The van der Waals surface area contributed by atoms with E-state index in [0.29, 0.717) is 12.3 Å². The summed E-state index contributed by atoms with van der Waals surface area (Å²) in [7, 11) is 0. The minimum absolute atomic E-state index is 0.0341. The van der Waals surface area contributed by atoms with Crippen LogP contribution in [0.15, 0.2) is 0 Å². The molecule has 2 heterocycles. The Bertz CT molecular complexity index is 318. The minimum atomic E-state index is -0.743. The fourth-order valence-corrected chi connectivity index (χ4v) is 3.54. The summed E-state index contributed by atoms with van der Waals surface area (Å²) in [6.45, 7) is 1.56. The predicted molar refractivity (Wildman–Crippen MR) is 70.4 cm³/mol. The number of thioether (sulfide) groups is 1. The maximum Gasteiger partial charge on any atom is 0.303 e. The van der Waals surface area contributed by atoms with Crippen LogP contribution in [0.25, 0.3) is 0 Å². The van der Waals surface area contributed by atoms with Crippen molar-refractivity contribution in [3.63, 3.8) is 0 Å². The second kappa shape index (κ2) is 6.43. The molecule has 2 atom stereocenters. The van der Waals surface area contributed by atoms with Gasteiger partial charge in [0.15, 0.2) is 0 Å². The van der Waals surface area contributed by atoms with Crippen LogP contribution in [0.3, 0.4) is 0 Å². The highest BCUT2D eigenvalue weighted by Gasteiger charge is 2.30. The monoisotopic (exact) mass is 272 g/mol. The lowest BCUT2D eigenvalue weighted by molar-refractivity contribution is -0.137. The largest absolute Gasteiger partial charge is 0.481 e. The summed E-state index contributed by atoms with van der Waals surface area (Å²) in [4.78, 5) is 24.7. The molecule has 2 saturated heterocycles. The average Bonchev–Trinajstić information content (AvgIpc) is 2.89. The van der Waals surface area contributed by atoms with Gasteiger partial charge < -0.3 is 10.0 Å². The zero-order chi connectivity index (χ0) is 13.0. The van der Waals surface area contributed by atoms with Gasteiger partial charge in [-0.1, -0.05) is 0 Å². The topological polar surface area (TPSA) is 69.6 Å². The normalized spacial score (nSPS) is 28.3. The van der Waals surface area contributed by atoms with Crippen molar-refractivity contribution in [2.75, 3.05) is 24.7 Å². The summed E-state index contributed by atoms with van der Waals surface area (Å²) in [6, 6.07) is -0.0341. The summed E-state index contributed by atoms with van der Waals surface area (Å²) < 4.78 is 0. The fourth-order valence-electron chi connectivity index (χ4n) is 2.60. The van der Waals surface area contributed by atoms with Crippen molar-refractivity contribution >= 4 is 23.6 Å². The molecule has 0 spiro atoms. The third-order valence-corrected chi connectivity index (χ3v) is 4.55. The number of amides is 1. The highest BCUT2D eigenvalue weighted by molar-refractivity contribution is 7.99. The number of piperidine rings is 1. The van der Waals surface area contributed by atoms with Gasteiger partial charge in [-0.25, -0.2) is 0 Å². The van der Waals surface area contributed by atoms with Crippen LogP contribution in [0.2, 0.25) is 0 Å². The number of hydrogen-bond donors (Lipinski definition) is 2. The number of carboxylic acid groups (broad SMARTS) is 1. The van der Waals surface area contributed by atoms with E-state index in [1.807, 2.05) is 4.90 Å². The van der Waals surface area contributed by atoms with Crippen molar-refractivity contribution in [1.82, 2.24) is 10.2 Å². The molecule has 2 aliphatic rings. The Morgan fingerprint density at radius 1 is 1.44 bits per heavy atom. The van der Waals surface area contributed by atoms with E-state index in [4.69, 9.17) is 5.11 Å². The number of carbonyl (C=O) groups is 2. The Labute approximate surface area is 111 Å². The van der Waals surface area contributed by atoms with E-state index < -0.39 is 5.97 Å². The molecule has 2 rings (SSSR count). The number of carboxylic acids is 1. The average molecular weight is 272 g/mol. The van der Waals surface area contributed by atoms with E-state index in [2.05, 4.69) is 5.32 Å². The van der Waals surface area contributed by atoms with E-state index in [9.17, 15) is 9.59 Å². The van der Waals surface area contributed by atoms with Crippen LogP contribution in [0.5, 0.6) is 0 Å². The molecule has 0 bridgehead atoms. The predicted octanol–water partition coefficient (Wildman–Crippen LogP) is 0.752. The first kappa shape index (κ1) is 13.7. The number of nitrogens with one attached hydrogen (secondary N) is 1. The van der Waals surface area contributed by atoms with E-state index in [-0.39, 0.29) is 18.4 Å². The van der Waals surface area contributed by atoms with Crippen LogP contribution in [-0.4, -0.2) is 52.6 Å². The first-order valence-electron chi connectivity index (χ1n) is 6.48. The number of hydrogen-bond acceptors (Lipinski definition) is 4. The maximum absolute atomic E-state index is 12.2. The zero-order valence-corrected chi connectivity index (χ0v) is 11.2. The Morgan fingerprint density at radius 2 is 2.28 bits per heavy atom. The molecule has 2 unspecified atom stereocenters. The van der Waals surface area contributed by atoms with Gasteiger partial charge in [-0.2, -0.15) is 0 Å². The van der Waals surface area contributed by atoms with Gasteiger partial charge in [-0.15, -0.1) is 11.8 Å². The summed E-state index contributed by atoms with van der Waals surface area (Å²) in [6.07, 6.45) is 2.94. The summed E-state index contributed by atoms with van der Waals surface area (Å²) in [5.74, 6) is 1.52. The van der Waals surface area contributed by atoms with Gasteiger partial charge in [0.1, 0.15) is 0 Å². The first-order valence-corrected chi connectivity index (χ1v) is 7.64. The smallest absolute Gasteiger partial charge is 0.303 e. The van der Waals surface area contributed by atoms with Crippen LogP contribution in [0.4, 0.5) is 0 Å². The Hall–Kier alpha value is -0.750. The first-order chi connectivity index (χ1) is 8.66. The molecule has 0 aromatic heterocycles. The molecule has 102 valence electrons. The molecule has 0 aromatic rings. The molecule has 0 radical (unpaired) electrons. The second-order valence-electron chi connectivity index (χ2n) is 5.00. The van der Waals surface area contributed by atoms with Crippen LogP contribution in [-0.2, 0) is 9.59 Å². The lowest BCUT2D eigenvalue weighted by Gasteiger charge is -2.34. The minimum Gasteiger partial charge on any atom is -0.481 e. The van der Waals surface area contributed by atoms with Crippen molar-refractivity contribution in [2.24, 2.45) is 5.92 Å². The number of rotatable bonds is 4. The van der Waals surface area contributed by atoms with Crippen LogP contribution in [0, 0.1) is 5.92 Å². The molecule has 1 amide bonds. The van der Waals surface area contributed by atoms with Gasteiger partial charge in [-0.05, 0) is 25.2 Å². The Morgan fingerprint density at radius 3 is 2.94 bits per heavy atom. The van der Waals surface area contributed by atoms with Crippen molar-refractivity contribution in [3.8, 4) is 0 Å². The van der Waals surface area contributed by atoms with E-state index in [0.717, 1.165) is 37.6 Å². The third kappa shape index (κ3) is 3.62. The lowest BCUT2D eigenvalue weighted by atomic mass is 9.93. The zero-order valence-electron chi connectivity index (χ0n) is 10.4. The summed E-state index contributed by atoms with van der Waals surface area (Å²) in [5, 5.41) is 11.9. The standard InChI is InChI=1S/C12H20N2O3S/c15-11(16)4-3-9-2-1-5-14(6-9)12(17)10-7-18-8-13-10/h9-10,13H,1-8H2,(H,15,16). The lowest BCUT2D eigenvalue weighted by Crippen LogP contribution is -2.48. The fraction of sp³-hybridized carbons (Fsp3) is 0.833. The Kier molecular flexibility index (Phi) is 4.88. The third-order valence-electron chi connectivity index (χ3n) is 3.61. The van der Waals surface area contributed by atoms with Gasteiger partial charge in [-0.3, -0.25) is 14.9 Å². The van der Waals surface area contributed by atoms with Gasteiger partial charge in [0.25, 0.3) is 0 Å². The van der Waals surface area contributed by atoms with Gasteiger partial charge >= 0.3 is 5.97 Å². The van der Waals surface area contributed by atoms with Crippen molar-refractivity contribution in [1.29, 1.82) is 0 Å². The van der Waals surface area contributed by atoms with E-state index in [1.54, 1.807) is 11.8 Å². The van der Waals surface area contributed by atoms with Crippen molar-refractivity contribution in [3.05, 3.63) is 0 Å². The molecule has 18 heavy (non-hydrogen) atoms. The molecular formula is C12H20N2O3S. The molecule has 0 saturated carbocycles. The molecular weight excluding hydrogens is 252 g/mol. The SMILES string of the molecule is O=C(O)CCC1CCCN(C(=O)C2CSCN2)C1. The highest BCUT2D eigenvalue weighted by Crippen LogP contribution is 2.22. The molecule has 2 aliphatic heterocycles. The second-order valence-corrected chi connectivity index (χ2v) is 6.03. The quantitative estimate of drug-likeness (QED) is 0.790. The molecule has 2 fully saturated rings. The number of likely N-dealkylation sites (tertiary alicyclic amines) is 1. The molecule has 6 heteroatoms. The molecule has 2 N–H and O–H groups in total. The van der Waals surface area contributed by atoms with E-state index in [1.165, 1.54) is 0 Å². The van der Waals surface area contributed by atoms with Crippen LogP contribution >= 0.6 is 11.8 Å². The van der Waals surface area contributed by atoms with Crippen LogP contribution < -0.4 is 5.32 Å². The maximum atomic E-state index is 12.2. The number of carbonyl (C=O) groups excluding carboxylic acids is 1. The number of aliphatic carboxylic acids is 1. The highest BCUT2D eigenvalue weighted by atomic mass is 32.2. The van der Waals surface area contributed by atoms with Gasteiger partial charge in [0.05, 0.1) is 6.04 Å². The summed E-state index contributed by atoms with van der Waals surface area (Å²) in [5.41, 5.74) is 0. The summed E-state index contributed by atoms with van der Waals surface area (Å²) >= 11 is 1.75. The van der Waals surface area contributed by atoms with E-state index >= 15 is 0 Å². The van der Waals surface area contributed by atoms with Crippen LogP contribution in [0.1, 0.15) is 25.7 Å². The van der Waals surface area contributed by atoms with Gasteiger partial charge in [0, 0.05) is 31.1 Å². The molecule has 0 aromatic carbocycles. The van der Waals surface area contributed by atoms with Gasteiger partial charge in [0.2, 0.25) is 5.91 Å². The van der Waals surface area contributed by atoms with Crippen molar-refractivity contribution in [2.45, 2.75) is 31.7 Å². The molecule has 0 aliphatic carbocycles. The number of nitrogens with zero attached hydrogens (tertiary/aromatic N) is 1. The van der Waals surface area contributed by atoms with Crippen molar-refractivity contribution < 1.29 is 14.7 Å². The molecule has 5 nitrogen and oxygen atoms in total. The Balaban J connectivity index is 1.81.